The summed E-state index contributed by atoms with van der Waals surface area (Å²) in [6, 6.07) is 0. The lowest BCUT2D eigenvalue weighted by molar-refractivity contribution is 0.0409. The molecule has 0 spiro atoms. The third-order valence-corrected chi connectivity index (χ3v) is 1.98. The molecular formula is C8H18N2O. The molecule has 1 saturated heterocycles. The molecule has 0 bridgehead atoms. The Morgan fingerprint density at radius 3 is 2.91 bits per heavy atom. The normalized spacial score (nSPS) is 25.9. The summed E-state index contributed by atoms with van der Waals surface area (Å²) in [5.41, 5.74) is 0. The summed E-state index contributed by atoms with van der Waals surface area (Å²) in [6.45, 7) is 3.95. The molecule has 3 nitrogen and oxygen atoms in total. The van der Waals surface area contributed by atoms with Gasteiger partial charge in [0.2, 0.25) is 0 Å². The molecule has 11 heavy (non-hydrogen) atoms. The maximum Gasteiger partial charge on any atom is 0.0965 e. The molecule has 3 heteroatoms. The molecular weight excluding hydrogens is 140 g/mol. The molecule has 0 aromatic carbocycles. The maximum absolute atomic E-state index is 5.28. The van der Waals surface area contributed by atoms with Crippen molar-refractivity contribution in [1.82, 2.24) is 10.2 Å². The first-order valence-electron chi connectivity index (χ1n) is 4.22. The van der Waals surface area contributed by atoms with Gasteiger partial charge in [0.1, 0.15) is 0 Å². The molecule has 66 valence electrons. The predicted molar refractivity (Wildman–Crippen MR) is 45.5 cm³/mol. The van der Waals surface area contributed by atoms with Crippen LogP contribution in [0.1, 0.15) is 6.42 Å². The van der Waals surface area contributed by atoms with Gasteiger partial charge in [-0.05, 0) is 33.0 Å². The van der Waals surface area contributed by atoms with Crippen LogP contribution in [0.15, 0.2) is 0 Å². The number of ether oxygens (including phenoxy) is 1. The van der Waals surface area contributed by atoms with Gasteiger partial charge >= 0.3 is 0 Å². The van der Waals surface area contributed by atoms with Crippen LogP contribution in [0.5, 0.6) is 0 Å². The van der Waals surface area contributed by atoms with Crippen LogP contribution in [0.25, 0.3) is 0 Å². The third kappa shape index (κ3) is 3.70. The van der Waals surface area contributed by atoms with Crippen molar-refractivity contribution in [2.45, 2.75) is 6.42 Å². The van der Waals surface area contributed by atoms with Gasteiger partial charge in [-0.3, -0.25) is 5.32 Å². The van der Waals surface area contributed by atoms with Crippen LogP contribution < -0.4 is 5.32 Å². The van der Waals surface area contributed by atoms with Gasteiger partial charge in [-0.2, -0.15) is 0 Å². The predicted octanol–water partition coefficient (Wildman–Crippen LogP) is 0.132. The van der Waals surface area contributed by atoms with E-state index in [1.54, 1.807) is 0 Å². The van der Waals surface area contributed by atoms with Crippen molar-refractivity contribution in [2.75, 3.05) is 40.5 Å². The summed E-state index contributed by atoms with van der Waals surface area (Å²) in [4.78, 5) is 2.22. The monoisotopic (exact) mass is 158 g/mol. The van der Waals surface area contributed by atoms with Crippen LogP contribution in [-0.4, -0.2) is 45.4 Å². The SMILES string of the molecule is CN(C)CCC1CNCOC1. The highest BCUT2D eigenvalue weighted by atomic mass is 16.5. The van der Waals surface area contributed by atoms with Gasteiger partial charge in [0, 0.05) is 6.54 Å². The fraction of sp³-hybridized carbons (Fsp3) is 1.00. The number of nitrogens with zero attached hydrogens (tertiary/aromatic N) is 1. The van der Waals surface area contributed by atoms with E-state index in [0.717, 1.165) is 26.4 Å². The molecule has 1 atom stereocenters. The molecule has 1 fully saturated rings. The number of nitrogens with one attached hydrogen (secondary N) is 1. The summed E-state index contributed by atoms with van der Waals surface area (Å²) in [7, 11) is 4.22. The van der Waals surface area contributed by atoms with Gasteiger partial charge in [0.15, 0.2) is 0 Å². The lowest BCUT2D eigenvalue weighted by Crippen LogP contribution is -2.36. The first-order valence-corrected chi connectivity index (χ1v) is 4.22. The summed E-state index contributed by atoms with van der Waals surface area (Å²) in [5.74, 6) is 0.714. The highest BCUT2D eigenvalue weighted by molar-refractivity contribution is 4.65. The lowest BCUT2D eigenvalue weighted by Gasteiger charge is -2.24. The molecule has 1 N–H and O–H groups in total. The average Bonchev–Trinajstić information content (AvgIpc) is 2.03. The molecule has 0 aliphatic carbocycles. The van der Waals surface area contributed by atoms with E-state index in [1.807, 2.05) is 0 Å². The summed E-state index contributed by atoms with van der Waals surface area (Å²) < 4.78 is 5.28. The Morgan fingerprint density at radius 1 is 1.55 bits per heavy atom. The Kier molecular flexibility index (Phi) is 3.83. The van der Waals surface area contributed by atoms with Crippen LogP contribution in [0.3, 0.4) is 0 Å². The van der Waals surface area contributed by atoms with Crippen molar-refractivity contribution >= 4 is 0 Å². The average molecular weight is 158 g/mol. The second-order valence-electron chi connectivity index (χ2n) is 3.43. The fourth-order valence-corrected chi connectivity index (χ4v) is 1.25. The molecule has 0 radical (unpaired) electrons. The molecule has 0 saturated carbocycles. The van der Waals surface area contributed by atoms with E-state index in [2.05, 4.69) is 24.3 Å². The van der Waals surface area contributed by atoms with Crippen LogP contribution >= 0.6 is 0 Å². The van der Waals surface area contributed by atoms with Gasteiger partial charge in [-0.25, -0.2) is 0 Å². The molecule has 0 aromatic rings. The molecule has 1 aliphatic rings. The van der Waals surface area contributed by atoms with E-state index in [9.17, 15) is 0 Å². The Balaban J connectivity index is 2.05. The van der Waals surface area contributed by atoms with E-state index in [1.165, 1.54) is 6.42 Å². The second kappa shape index (κ2) is 4.70. The molecule has 0 amide bonds. The van der Waals surface area contributed by atoms with Crippen LogP contribution in [0, 0.1) is 5.92 Å². The zero-order valence-corrected chi connectivity index (χ0v) is 7.47. The minimum atomic E-state index is 0.714. The fourth-order valence-electron chi connectivity index (χ4n) is 1.25. The first-order chi connectivity index (χ1) is 5.29. The zero-order valence-electron chi connectivity index (χ0n) is 7.47. The largest absolute Gasteiger partial charge is 0.366 e. The van der Waals surface area contributed by atoms with Crippen molar-refractivity contribution in [2.24, 2.45) is 5.92 Å². The maximum atomic E-state index is 5.28. The Morgan fingerprint density at radius 2 is 2.36 bits per heavy atom. The standard InChI is InChI=1S/C8H18N2O/c1-10(2)4-3-8-5-9-7-11-6-8/h8-9H,3-7H2,1-2H3. The molecule has 1 heterocycles. The quantitative estimate of drug-likeness (QED) is 0.632. The summed E-state index contributed by atoms with van der Waals surface area (Å²) >= 11 is 0. The molecule has 1 unspecified atom stereocenters. The molecule has 1 aliphatic heterocycles. The zero-order chi connectivity index (χ0) is 8.10. The van der Waals surface area contributed by atoms with Crippen molar-refractivity contribution in [1.29, 1.82) is 0 Å². The number of hydrogen-bond acceptors (Lipinski definition) is 3. The van der Waals surface area contributed by atoms with Crippen LogP contribution in [-0.2, 0) is 4.74 Å². The van der Waals surface area contributed by atoms with Crippen LogP contribution in [0.2, 0.25) is 0 Å². The van der Waals surface area contributed by atoms with Gasteiger partial charge in [-0.1, -0.05) is 0 Å². The highest BCUT2D eigenvalue weighted by Crippen LogP contribution is 2.05. The summed E-state index contributed by atoms with van der Waals surface area (Å²) in [6.07, 6.45) is 1.24. The molecule has 0 aromatic heterocycles. The van der Waals surface area contributed by atoms with E-state index in [0.29, 0.717) is 5.92 Å². The molecule has 1 rings (SSSR count). The van der Waals surface area contributed by atoms with E-state index in [4.69, 9.17) is 4.74 Å². The third-order valence-electron chi connectivity index (χ3n) is 1.98. The van der Waals surface area contributed by atoms with Crippen LogP contribution in [0.4, 0.5) is 0 Å². The van der Waals surface area contributed by atoms with E-state index >= 15 is 0 Å². The number of hydrogen-bond donors (Lipinski definition) is 1. The Labute approximate surface area is 68.7 Å². The van der Waals surface area contributed by atoms with Gasteiger partial charge in [0.25, 0.3) is 0 Å². The van der Waals surface area contributed by atoms with Crippen molar-refractivity contribution < 1.29 is 4.74 Å². The van der Waals surface area contributed by atoms with Crippen molar-refractivity contribution in [3.63, 3.8) is 0 Å². The Hall–Kier alpha value is -0.120. The minimum absolute atomic E-state index is 0.714. The van der Waals surface area contributed by atoms with Gasteiger partial charge < -0.3 is 9.64 Å². The van der Waals surface area contributed by atoms with Gasteiger partial charge in [0.05, 0.1) is 13.3 Å². The smallest absolute Gasteiger partial charge is 0.0965 e. The van der Waals surface area contributed by atoms with E-state index in [-0.39, 0.29) is 0 Å². The lowest BCUT2D eigenvalue weighted by atomic mass is 10.1. The van der Waals surface area contributed by atoms with Crippen molar-refractivity contribution in [3.8, 4) is 0 Å². The second-order valence-corrected chi connectivity index (χ2v) is 3.43. The summed E-state index contributed by atoms with van der Waals surface area (Å²) in [5, 5.41) is 3.22. The highest BCUT2D eigenvalue weighted by Gasteiger charge is 2.12. The first kappa shape index (κ1) is 8.97. The van der Waals surface area contributed by atoms with Gasteiger partial charge in [-0.15, -0.1) is 0 Å². The number of rotatable bonds is 3. The van der Waals surface area contributed by atoms with Crippen molar-refractivity contribution in [3.05, 3.63) is 0 Å². The van der Waals surface area contributed by atoms with E-state index < -0.39 is 0 Å². The Bertz CT molecular complexity index is 100. The minimum Gasteiger partial charge on any atom is -0.366 e. The topological polar surface area (TPSA) is 24.5 Å².